The highest BCUT2D eigenvalue weighted by Crippen LogP contribution is 2.24. The molecule has 1 aromatic heterocycles. The fourth-order valence-corrected chi connectivity index (χ4v) is 6.29. The summed E-state index contributed by atoms with van der Waals surface area (Å²) in [5, 5.41) is 9.43. The molecule has 12 nitrogen and oxygen atoms in total. The molecular weight excluding hydrogens is 632 g/mol. The molecule has 2 unspecified atom stereocenters. The van der Waals surface area contributed by atoms with Gasteiger partial charge in [0.2, 0.25) is 17.7 Å². The van der Waals surface area contributed by atoms with Crippen molar-refractivity contribution in [1.29, 1.82) is 0 Å². The molecule has 12 heteroatoms. The van der Waals surface area contributed by atoms with Crippen molar-refractivity contribution >= 4 is 52.8 Å². The number of anilines is 2. The van der Waals surface area contributed by atoms with Crippen molar-refractivity contribution in [3.8, 4) is 0 Å². The van der Waals surface area contributed by atoms with Crippen molar-refractivity contribution in [3.05, 3.63) is 130 Å². The highest BCUT2D eigenvalue weighted by atomic mass is 16.2. The zero-order valence-corrected chi connectivity index (χ0v) is 27.3. The van der Waals surface area contributed by atoms with E-state index in [-0.39, 0.29) is 30.0 Å². The van der Waals surface area contributed by atoms with Crippen LogP contribution in [0.15, 0.2) is 102 Å². The van der Waals surface area contributed by atoms with E-state index in [9.17, 15) is 19.2 Å². The number of nitrogens with one attached hydrogen (secondary N) is 2. The van der Waals surface area contributed by atoms with Gasteiger partial charge in [-0.25, -0.2) is 0 Å². The maximum atomic E-state index is 13.2. The largest absolute Gasteiger partial charge is 0.330 e. The van der Waals surface area contributed by atoms with Crippen LogP contribution >= 0.6 is 0 Å². The minimum Gasteiger partial charge on any atom is -0.330 e. The van der Waals surface area contributed by atoms with Gasteiger partial charge >= 0.3 is 0 Å². The summed E-state index contributed by atoms with van der Waals surface area (Å²) >= 11 is 0. The lowest BCUT2D eigenvalue weighted by molar-refractivity contribution is -0.136. The molecule has 0 aliphatic carbocycles. The van der Waals surface area contributed by atoms with Crippen molar-refractivity contribution in [3.63, 3.8) is 0 Å². The number of benzene rings is 3. The Morgan fingerprint density at radius 2 is 1.34 bits per heavy atom. The normalized spacial score (nSPS) is 17.0. The monoisotopic (exact) mass is 668 g/mol. The molecule has 0 radical (unpaired) electrons. The van der Waals surface area contributed by atoms with Gasteiger partial charge in [0.15, 0.2) is 0 Å². The second-order valence-electron chi connectivity index (χ2n) is 12.2. The molecule has 2 fully saturated rings. The number of carbonyl (C=O) groups is 4. The molecule has 3 aromatic carbocycles. The van der Waals surface area contributed by atoms with Gasteiger partial charge in [0.1, 0.15) is 12.1 Å². The summed E-state index contributed by atoms with van der Waals surface area (Å²) < 4.78 is 0. The Morgan fingerprint density at radius 3 is 1.88 bits per heavy atom. The third-order valence-corrected chi connectivity index (χ3v) is 8.87. The third kappa shape index (κ3) is 8.23. The molecule has 50 heavy (non-hydrogen) atoms. The van der Waals surface area contributed by atoms with Crippen LogP contribution in [0.1, 0.15) is 52.7 Å². The summed E-state index contributed by atoms with van der Waals surface area (Å²) in [6.07, 6.45) is 10.2. The zero-order valence-electron chi connectivity index (χ0n) is 27.3. The first-order valence-corrected chi connectivity index (χ1v) is 16.5. The predicted octanol–water partition coefficient (Wildman–Crippen LogP) is 6.61. The van der Waals surface area contributed by atoms with Crippen molar-refractivity contribution in [2.45, 2.75) is 44.2 Å². The number of rotatable bonds is 10. The van der Waals surface area contributed by atoms with E-state index in [1.165, 1.54) is 0 Å². The van der Waals surface area contributed by atoms with E-state index in [1.807, 2.05) is 66.7 Å². The van der Waals surface area contributed by atoms with Crippen LogP contribution in [0.2, 0.25) is 0 Å². The van der Waals surface area contributed by atoms with Crippen LogP contribution in [0.25, 0.3) is 22.6 Å². The minimum atomic E-state index is -0.580. The third-order valence-electron chi connectivity index (χ3n) is 8.87. The first kappa shape index (κ1) is 33.6. The van der Waals surface area contributed by atoms with Gasteiger partial charge in [0.25, 0.3) is 5.91 Å². The minimum absolute atomic E-state index is 0.0768. The summed E-state index contributed by atoms with van der Waals surface area (Å²) in [4.78, 5) is 62.4. The first-order chi connectivity index (χ1) is 24.4. The number of carbonyl (C=O) groups excluding carboxylic acids is 4. The SMILES string of the molecule is [N-]=[N+]=Nc1ccc(C(=O)N2CCCC2C(=O)Nc2ccc(/C=C/c3ccc(NC(=O)C4CCCN4C(=O)Cc4cccnc4)cc3)cc2)cc1. The van der Waals surface area contributed by atoms with Crippen LogP contribution in [-0.2, 0) is 20.8 Å². The Balaban J connectivity index is 0.995. The molecule has 4 aromatic rings. The quantitative estimate of drug-likeness (QED) is 0.0840. The molecule has 3 heterocycles. The van der Waals surface area contributed by atoms with Gasteiger partial charge in [-0.15, -0.1) is 0 Å². The zero-order chi connectivity index (χ0) is 34.9. The van der Waals surface area contributed by atoms with Crippen molar-refractivity contribution in [2.75, 3.05) is 23.7 Å². The summed E-state index contributed by atoms with van der Waals surface area (Å²) in [5.74, 6) is -0.750. The van der Waals surface area contributed by atoms with E-state index in [0.29, 0.717) is 48.6 Å². The number of pyridine rings is 1. The smallest absolute Gasteiger partial charge is 0.254 e. The molecule has 2 N–H and O–H groups in total. The van der Waals surface area contributed by atoms with E-state index in [0.717, 1.165) is 29.5 Å². The van der Waals surface area contributed by atoms with E-state index in [2.05, 4.69) is 25.6 Å². The molecule has 252 valence electrons. The Labute approximate surface area is 289 Å². The van der Waals surface area contributed by atoms with Crippen LogP contribution in [0, 0.1) is 0 Å². The molecule has 2 aliphatic heterocycles. The lowest BCUT2D eigenvalue weighted by Crippen LogP contribution is -2.43. The van der Waals surface area contributed by atoms with Crippen LogP contribution in [0.5, 0.6) is 0 Å². The Kier molecular flexibility index (Phi) is 10.6. The summed E-state index contributed by atoms with van der Waals surface area (Å²) in [6, 6.07) is 23.8. The molecule has 2 atom stereocenters. The predicted molar refractivity (Wildman–Crippen MR) is 191 cm³/mol. The maximum Gasteiger partial charge on any atom is 0.254 e. The first-order valence-electron chi connectivity index (χ1n) is 16.5. The molecule has 2 aliphatic rings. The molecule has 4 amide bonds. The van der Waals surface area contributed by atoms with Gasteiger partial charge in [-0.05, 0) is 90.4 Å². The van der Waals surface area contributed by atoms with Gasteiger partial charge in [-0.2, -0.15) is 0 Å². The molecule has 0 spiro atoms. The van der Waals surface area contributed by atoms with Crippen LogP contribution in [0.3, 0.4) is 0 Å². The highest BCUT2D eigenvalue weighted by Gasteiger charge is 2.35. The van der Waals surface area contributed by atoms with Crippen molar-refractivity contribution < 1.29 is 19.2 Å². The second-order valence-corrected chi connectivity index (χ2v) is 12.2. The molecule has 0 saturated carbocycles. The van der Waals surface area contributed by atoms with Gasteiger partial charge in [-0.1, -0.05) is 59.7 Å². The topological polar surface area (TPSA) is 160 Å². The Hall–Kier alpha value is -6.26. The number of likely N-dealkylation sites (tertiary alicyclic amines) is 2. The summed E-state index contributed by atoms with van der Waals surface area (Å²) in [7, 11) is 0. The molecular formula is C38H36N8O4. The number of aromatic nitrogens is 1. The van der Waals surface area contributed by atoms with Crippen LogP contribution in [0.4, 0.5) is 17.1 Å². The number of azide groups is 1. The Bertz CT molecular complexity index is 1920. The highest BCUT2D eigenvalue weighted by molar-refractivity contribution is 6.02. The summed E-state index contributed by atoms with van der Waals surface area (Å²) in [6.45, 7) is 1.05. The summed E-state index contributed by atoms with van der Waals surface area (Å²) in [5.41, 5.74) is 13.4. The Morgan fingerprint density at radius 1 is 0.780 bits per heavy atom. The molecule has 6 rings (SSSR count). The van der Waals surface area contributed by atoms with Gasteiger partial charge < -0.3 is 20.4 Å². The van der Waals surface area contributed by atoms with E-state index < -0.39 is 12.1 Å². The number of hydrogen-bond donors (Lipinski definition) is 2. The van der Waals surface area contributed by atoms with E-state index >= 15 is 0 Å². The average molecular weight is 669 g/mol. The molecule has 2 saturated heterocycles. The maximum absolute atomic E-state index is 13.2. The van der Waals surface area contributed by atoms with Crippen molar-refractivity contribution in [1.82, 2.24) is 14.8 Å². The average Bonchev–Trinajstić information content (AvgIpc) is 3.84. The lowest BCUT2D eigenvalue weighted by Gasteiger charge is -2.24. The fourth-order valence-electron chi connectivity index (χ4n) is 6.29. The van der Waals surface area contributed by atoms with Crippen LogP contribution < -0.4 is 10.6 Å². The van der Waals surface area contributed by atoms with E-state index in [1.54, 1.807) is 52.5 Å². The van der Waals surface area contributed by atoms with Gasteiger partial charge in [0, 0.05) is 53.0 Å². The van der Waals surface area contributed by atoms with E-state index in [4.69, 9.17) is 5.53 Å². The fraction of sp³-hybridized carbons (Fsp3) is 0.237. The van der Waals surface area contributed by atoms with Crippen LogP contribution in [-0.4, -0.2) is 63.6 Å². The number of nitrogens with zero attached hydrogens (tertiary/aromatic N) is 6. The number of amides is 4. The van der Waals surface area contributed by atoms with Crippen molar-refractivity contribution in [2.24, 2.45) is 5.11 Å². The number of hydrogen-bond acceptors (Lipinski definition) is 6. The lowest BCUT2D eigenvalue weighted by atomic mass is 10.1. The van der Waals surface area contributed by atoms with Gasteiger partial charge in [0.05, 0.1) is 6.42 Å². The molecule has 0 bridgehead atoms. The second kappa shape index (κ2) is 15.8. The standard InChI is InChI=1S/C38H36N8O4/c39-44-43-32-19-13-29(14-20-32)38(50)46-23-3-6-34(46)37(49)42-31-17-11-27(12-18-31)8-7-26-9-15-30(16-10-26)41-36(48)33-5-2-22-45(33)35(47)24-28-4-1-21-40-25-28/h1,4,7-21,25,33-34H,2-3,5-6,22-24H2,(H,41,48)(H,42,49)/b8-7+. The van der Waals surface area contributed by atoms with Gasteiger partial charge in [-0.3, -0.25) is 24.2 Å².